The van der Waals surface area contributed by atoms with Gasteiger partial charge in [0.2, 0.25) is 0 Å². The second kappa shape index (κ2) is 6.80. The molecule has 1 N–H and O–H groups in total. The predicted molar refractivity (Wildman–Crippen MR) is 77.1 cm³/mol. The van der Waals surface area contributed by atoms with Gasteiger partial charge in [-0.2, -0.15) is 0 Å². The van der Waals surface area contributed by atoms with Crippen molar-refractivity contribution in [3.05, 3.63) is 33.8 Å². The molecule has 0 aromatic heterocycles. The number of nitrogens with one attached hydrogen (secondary N) is 1. The van der Waals surface area contributed by atoms with E-state index >= 15 is 0 Å². The number of hydrogen-bond acceptors (Lipinski definition) is 1. The summed E-state index contributed by atoms with van der Waals surface area (Å²) in [7, 11) is 1.81. The highest BCUT2D eigenvalue weighted by atomic mass is 79.9. The maximum atomic E-state index is 14.0. The summed E-state index contributed by atoms with van der Waals surface area (Å²) in [6.45, 7) is 0. The Balaban J connectivity index is 2.14. The lowest BCUT2D eigenvalue weighted by Crippen LogP contribution is -2.22. The first kappa shape index (κ1) is 14.9. The highest BCUT2D eigenvalue weighted by molar-refractivity contribution is 9.10. The summed E-state index contributed by atoms with van der Waals surface area (Å²) in [6.07, 6.45) is 7.13. The maximum Gasteiger partial charge on any atom is 0.137 e. The molecule has 0 bridgehead atoms. The molecule has 0 saturated heterocycles. The van der Waals surface area contributed by atoms with Gasteiger partial charge >= 0.3 is 0 Å². The van der Waals surface area contributed by atoms with E-state index in [1.165, 1.54) is 44.2 Å². The molecular formula is C15H20BrF2N. The second-order valence-corrected chi connectivity index (χ2v) is 6.22. The van der Waals surface area contributed by atoms with Crippen molar-refractivity contribution in [2.75, 3.05) is 7.05 Å². The molecule has 1 aromatic rings. The Morgan fingerprint density at radius 1 is 1.21 bits per heavy atom. The molecule has 1 aliphatic carbocycles. The molecule has 106 valence electrons. The highest BCUT2D eigenvalue weighted by Crippen LogP contribution is 2.33. The van der Waals surface area contributed by atoms with E-state index in [0.29, 0.717) is 11.5 Å². The van der Waals surface area contributed by atoms with Crippen LogP contribution < -0.4 is 5.32 Å². The topological polar surface area (TPSA) is 12.0 Å². The predicted octanol–water partition coefficient (Wildman–Crippen LogP) is 4.96. The highest BCUT2D eigenvalue weighted by Gasteiger charge is 2.22. The summed E-state index contributed by atoms with van der Waals surface area (Å²) in [5.41, 5.74) is 0.439. The Labute approximate surface area is 121 Å². The summed E-state index contributed by atoms with van der Waals surface area (Å²) < 4.78 is 27.8. The molecule has 1 unspecified atom stereocenters. The summed E-state index contributed by atoms with van der Waals surface area (Å²) in [6, 6.07) is 2.42. The van der Waals surface area contributed by atoms with E-state index in [4.69, 9.17) is 0 Å². The molecule has 1 aromatic carbocycles. The molecule has 1 nitrogen and oxygen atoms in total. The quantitative estimate of drug-likeness (QED) is 0.769. The summed E-state index contributed by atoms with van der Waals surface area (Å²) in [5.74, 6) is -0.124. The van der Waals surface area contributed by atoms with Crippen LogP contribution >= 0.6 is 15.9 Å². The summed E-state index contributed by atoms with van der Waals surface area (Å²) >= 11 is 3.01. The van der Waals surface area contributed by atoms with Gasteiger partial charge in [-0.15, -0.1) is 0 Å². The molecule has 2 rings (SSSR count). The van der Waals surface area contributed by atoms with Gasteiger partial charge in [-0.05, 0) is 47.4 Å². The lowest BCUT2D eigenvalue weighted by Gasteiger charge is -2.27. The van der Waals surface area contributed by atoms with E-state index in [9.17, 15) is 8.78 Å². The summed E-state index contributed by atoms with van der Waals surface area (Å²) in [5, 5.41) is 3.13. The Hall–Kier alpha value is -0.480. The van der Waals surface area contributed by atoms with E-state index in [-0.39, 0.29) is 16.3 Å². The average molecular weight is 332 g/mol. The zero-order chi connectivity index (χ0) is 13.8. The monoisotopic (exact) mass is 331 g/mol. The van der Waals surface area contributed by atoms with Crippen LogP contribution in [0, 0.1) is 17.6 Å². The molecule has 19 heavy (non-hydrogen) atoms. The van der Waals surface area contributed by atoms with Crippen LogP contribution in [0.3, 0.4) is 0 Å². The van der Waals surface area contributed by atoms with Crippen LogP contribution in [-0.2, 0) is 0 Å². The van der Waals surface area contributed by atoms with Crippen molar-refractivity contribution in [2.45, 2.75) is 44.6 Å². The molecular weight excluding hydrogens is 312 g/mol. The van der Waals surface area contributed by atoms with Crippen molar-refractivity contribution in [3.63, 3.8) is 0 Å². The standard InChI is InChI=1S/C15H20BrF2N/c1-19-15(7-10-5-3-2-4-6-10)11-8-14(18)12(16)9-13(11)17/h8-10,15,19H,2-7H2,1H3. The minimum absolute atomic E-state index is 0.106. The smallest absolute Gasteiger partial charge is 0.137 e. The van der Waals surface area contributed by atoms with Gasteiger partial charge < -0.3 is 5.32 Å². The number of benzene rings is 1. The third-order valence-electron chi connectivity index (χ3n) is 4.06. The first-order chi connectivity index (χ1) is 9.11. The third kappa shape index (κ3) is 3.76. The number of halogens is 3. The van der Waals surface area contributed by atoms with Gasteiger partial charge in [0.25, 0.3) is 0 Å². The molecule has 1 aliphatic rings. The Morgan fingerprint density at radius 2 is 1.89 bits per heavy atom. The van der Waals surface area contributed by atoms with Crippen LogP contribution in [0.2, 0.25) is 0 Å². The van der Waals surface area contributed by atoms with Gasteiger partial charge in [0.05, 0.1) is 4.47 Å². The number of rotatable bonds is 4. The zero-order valence-electron chi connectivity index (χ0n) is 11.2. The van der Waals surface area contributed by atoms with Crippen LogP contribution in [0.5, 0.6) is 0 Å². The molecule has 4 heteroatoms. The van der Waals surface area contributed by atoms with Gasteiger partial charge in [0, 0.05) is 11.6 Å². The fourth-order valence-corrected chi connectivity index (χ4v) is 3.28. The van der Waals surface area contributed by atoms with Crippen LogP contribution in [0.25, 0.3) is 0 Å². The largest absolute Gasteiger partial charge is 0.313 e. The first-order valence-electron chi connectivity index (χ1n) is 6.93. The number of hydrogen-bond donors (Lipinski definition) is 1. The van der Waals surface area contributed by atoms with Crippen molar-refractivity contribution in [1.29, 1.82) is 0 Å². The lowest BCUT2D eigenvalue weighted by molar-refractivity contribution is 0.302. The second-order valence-electron chi connectivity index (χ2n) is 5.37. The normalized spacial score (nSPS) is 18.5. The van der Waals surface area contributed by atoms with Crippen LogP contribution in [0.4, 0.5) is 8.78 Å². The fourth-order valence-electron chi connectivity index (χ4n) is 2.96. The zero-order valence-corrected chi connectivity index (χ0v) is 12.8. The van der Waals surface area contributed by atoms with Crippen LogP contribution in [-0.4, -0.2) is 7.05 Å². The fraction of sp³-hybridized carbons (Fsp3) is 0.600. The molecule has 0 radical (unpaired) electrons. The SMILES string of the molecule is CNC(CC1CCCCC1)c1cc(F)c(Br)cc1F. The van der Waals surface area contributed by atoms with Crippen molar-refractivity contribution >= 4 is 15.9 Å². The molecule has 0 heterocycles. The van der Waals surface area contributed by atoms with E-state index < -0.39 is 5.82 Å². The first-order valence-corrected chi connectivity index (χ1v) is 7.72. The molecule has 0 aliphatic heterocycles. The average Bonchev–Trinajstić information content (AvgIpc) is 2.42. The van der Waals surface area contributed by atoms with Gasteiger partial charge in [-0.1, -0.05) is 32.1 Å². The van der Waals surface area contributed by atoms with Crippen molar-refractivity contribution in [3.8, 4) is 0 Å². The minimum Gasteiger partial charge on any atom is -0.313 e. The van der Waals surface area contributed by atoms with E-state index in [1.54, 1.807) is 0 Å². The molecule has 0 spiro atoms. The van der Waals surface area contributed by atoms with Gasteiger partial charge in [-0.25, -0.2) is 8.78 Å². The lowest BCUT2D eigenvalue weighted by atomic mass is 9.83. The van der Waals surface area contributed by atoms with Crippen LogP contribution in [0.1, 0.15) is 50.1 Å². The Kier molecular flexibility index (Phi) is 5.34. The van der Waals surface area contributed by atoms with Crippen molar-refractivity contribution < 1.29 is 8.78 Å². The molecule has 0 amide bonds. The van der Waals surface area contributed by atoms with Gasteiger partial charge in [0.1, 0.15) is 11.6 Å². The molecule has 1 atom stereocenters. The van der Waals surface area contributed by atoms with E-state index in [2.05, 4.69) is 21.2 Å². The van der Waals surface area contributed by atoms with Crippen LogP contribution in [0.15, 0.2) is 16.6 Å². The van der Waals surface area contributed by atoms with Gasteiger partial charge in [0.15, 0.2) is 0 Å². The Morgan fingerprint density at radius 3 is 2.53 bits per heavy atom. The van der Waals surface area contributed by atoms with Gasteiger partial charge in [-0.3, -0.25) is 0 Å². The molecule has 1 saturated carbocycles. The third-order valence-corrected chi connectivity index (χ3v) is 4.66. The molecule has 1 fully saturated rings. The van der Waals surface area contributed by atoms with E-state index in [0.717, 1.165) is 6.42 Å². The van der Waals surface area contributed by atoms with Crippen molar-refractivity contribution in [2.24, 2.45) is 5.92 Å². The van der Waals surface area contributed by atoms with E-state index in [1.807, 2.05) is 7.05 Å². The summed E-state index contributed by atoms with van der Waals surface area (Å²) in [4.78, 5) is 0. The Bertz CT molecular complexity index is 430. The maximum absolute atomic E-state index is 14.0. The minimum atomic E-state index is -0.403. The van der Waals surface area contributed by atoms with Crippen molar-refractivity contribution in [1.82, 2.24) is 5.32 Å².